The number of rotatable bonds is 4. The highest BCUT2D eigenvalue weighted by atomic mass is 35.5. The van der Waals surface area contributed by atoms with Gasteiger partial charge < -0.3 is 5.32 Å². The van der Waals surface area contributed by atoms with E-state index in [1.54, 1.807) is 0 Å². The van der Waals surface area contributed by atoms with Crippen LogP contribution in [0.15, 0.2) is 0 Å². The van der Waals surface area contributed by atoms with Crippen LogP contribution in [0, 0.1) is 19.8 Å². The maximum absolute atomic E-state index is 11.9. The molecule has 0 aliphatic rings. The van der Waals surface area contributed by atoms with E-state index >= 15 is 0 Å². The normalized spacial score (nSPS) is 14.6. The van der Waals surface area contributed by atoms with Gasteiger partial charge in [-0.15, -0.1) is 22.9 Å². The Bertz CT molecular complexity index is 378. The zero-order chi connectivity index (χ0) is 12.3. The molecule has 0 radical (unpaired) electrons. The fourth-order valence-electron chi connectivity index (χ4n) is 1.29. The van der Waals surface area contributed by atoms with Crippen molar-refractivity contribution < 1.29 is 4.79 Å². The number of amides is 1. The molecule has 0 aliphatic carbocycles. The smallest absolute Gasteiger partial charge is 0.263 e. The van der Waals surface area contributed by atoms with Crippen molar-refractivity contribution in [1.82, 2.24) is 10.3 Å². The summed E-state index contributed by atoms with van der Waals surface area (Å²) >= 11 is 7.18. The molecule has 1 amide bonds. The van der Waals surface area contributed by atoms with Crippen molar-refractivity contribution in [3.05, 3.63) is 15.6 Å². The van der Waals surface area contributed by atoms with Crippen LogP contribution in [0.3, 0.4) is 0 Å². The van der Waals surface area contributed by atoms with Crippen molar-refractivity contribution >= 4 is 28.8 Å². The van der Waals surface area contributed by atoms with Crippen LogP contribution in [0.2, 0.25) is 0 Å². The minimum absolute atomic E-state index is 0.0485. The van der Waals surface area contributed by atoms with Crippen molar-refractivity contribution in [2.24, 2.45) is 5.92 Å². The van der Waals surface area contributed by atoms with E-state index in [4.69, 9.17) is 11.6 Å². The van der Waals surface area contributed by atoms with Gasteiger partial charge in [-0.05, 0) is 26.7 Å². The molecular formula is C11H17ClN2OS. The number of thiazole rings is 1. The molecule has 1 N–H and O–H groups in total. The van der Waals surface area contributed by atoms with Crippen molar-refractivity contribution in [1.29, 1.82) is 0 Å². The minimum atomic E-state index is -0.0485. The van der Waals surface area contributed by atoms with Gasteiger partial charge in [-0.3, -0.25) is 4.79 Å². The average Bonchev–Trinajstić information content (AvgIpc) is 2.56. The predicted octanol–water partition coefficient (Wildman–Crippen LogP) is 2.75. The Morgan fingerprint density at radius 2 is 2.12 bits per heavy atom. The van der Waals surface area contributed by atoms with E-state index in [9.17, 15) is 4.79 Å². The molecule has 0 saturated heterocycles. The molecule has 0 bridgehead atoms. The molecule has 1 rings (SSSR count). The third kappa shape index (κ3) is 3.19. The van der Waals surface area contributed by atoms with E-state index < -0.39 is 0 Å². The van der Waals surface area contributed by atoms with Gasteiger partial charge in [0.05, 0.1) is 10.7 Å². The van der Waals surface area contributed by atoms with Gasteiger partial charge in [-0.1, -0.05) is 6.92 Å². The first-order chi connectivity index (χ1) is 7.45. The third-order valence-corrected chi connectivity index (χ3v) is 4.12. The molecule has 1 heterocycles. The lowest BCUT2D eigenvalue weighted by Gasteiger charge is -2.18. The Kier molecular flexibility index (Phi) is 4.74. The number of nitrogens with zero attached hydrogens (tertiary/aromatic N) is 1. The molecular weight excluding hydrogens is 244 g/mol. The minimum Gasteiger partial charge on any atom is -0.349 e. The van der Waals surface area contributed by atoms with Gasteiger partial charge in [-0.2, -0.15) is 0 Å². The summed E-state index contributed by atoms with van der Waals surface area (Å²) in [6, 6.07) is 0.0757. The Hall–Kier alpha value is -0.610. The van der Waals surface area contributed by atoms with Crippen LogP contribution in [0.5, 0.6) is 0 Å². The number of aromatic nitrogens is 1. The quantitative estimate of drug-likeness (QED) is 0.846. The summed E-state index contributed by atoms with van der Waals surface area (Å²) in [5.41, 5.74) is 0.797. The van der Waals surface area contributed by atoms with E-state index in [1.807, 2.05) is 27.7 Å². The summed E-state index contributed by atoms with van der Waals surface area (Å²) in [6.45, 7) is 7.74. The van der Waals surface area contributed by atoms with Crippen LogP contribution in [-0.4, -0.2) is 22.8 Å². The number of nitrogens with one attached hydrogen (secondary N) is 1. The van der Waals surface area contributed by atoms with E-state index in [0.717, 1.165) is 10.7 Å². The van der Waals surface area contributed by atoms with Crippen LogP contribution >= 0.6 is 22.9 Å². The molecule has 3 nitrogen and oxygen atoms in total. The average molecular weight is 261 g/mol. The monoisotopic (exact) mass is 260 g/mol. The van der Waals surface area contributed by atoms with Crippen LogP contribution in [0.25, 0.3) is 0 Å². The van der Waals surface area contributed by atoms with Crippen molar-refractivity contribution in [2.75, 3.05) is 5.88 Å². The van der Waals surface area contributed by atoms with Crippen molar-refractivity contribution in [2.45, 2.75) is 33.7 Å². The van der Waals surface area contributed by atoms with Crippen LogP contribution in [0.1, 0.15) is 34.2 Å². The predicted molar refractivity (Wildman–Crippen MR) is 68.4 cm³/mol. The van der Waals surface area contributed by atoms with Crippen LogP contribution in [0.4, 0.5) is 0 Å². The molecule has 1 aromatic rings. The van der Waals surface area contributed by atoms with E-state index in [-0.39, 0.29) is 17.9 Å². The van der Waals surface area contributed by atoms with Gasteiger partial charge in [0.25, 0.3) is 5.91 Å². The second kappa shape index (κ2) is 5.64. The van der Waals surface area contributed by atoms with Gasteiger partial charge in [0.1, 0.15) is 4.88 Å². The first-order valence-electron chi connectivity index (χ1n) is 5.26. The van der Waals surface area contributed by atoms with E-state index in [1.165, 1.54) is 11.3 Å². The Balaban J connectivity index is 2.69. The largest absolute Gasteiger partial charge is 0.349 e. The third-order valence-electron chi connectivity index (χ3n) is 2.57. The molecule has 5 heteroatoms. The molecule has 0 aliphatic heterocycles. The first kappa shape index (κ1) is 13.5. The summed E-state index contributed by atoms with van der Waals surface area (Å²) in [5, 5.41) is 3.87. The number of hydrogen-bond acceptors (Lipinski definition) is 3. The number of carbonyl (C=O) groups is 1. The molecule has 2 atom stereocenters. The molecule has 1 aromatic heterocycles. The summed E-state index contributed by atoms with van der Waals surface area (Å²) in [4.78, 5) is 16.9. The lowest BCUT2D eigenvalue weighted by molar-refractivity contribution is 0.0934. The lowest BCUT2D eigenvalue weighted by Crippen LogP contribution is -2.37. The molecule has 0 spiro atoms. The highest BCUT2D eigenvalue weighted by molar-refractivity contribution is 7.13. The fraction of sp³-hybridized carbons (Fsp3) is 0.636. The van der Waals surface area contributed by atoms with Crippen molar-refractivity contribution in [3.8, 4) is 0 Å². The van der Waals surface area contributed by atoms with Gasteiger partial charge in [0.15, 0.2) is 0 Å². The lowest BCUT2D eigenvalue weighted by atomic mass is 10.1. The summed E-state index contributed by atoms with van der Waals surface area (Å²) in [6.07, 6.45) is 0. The van der Waals surface area contributed by atoms with Gasteiger partial charge in [0, 0.05) is 11.9 Å². The molecule has 2 unspecified atom stereocenters. The highest BCUT2D eigenvalue weighted by Crippen LogP contribution is 2.17. The van der Waals surface area contributed by atoms with Gasteiger partial charge in [-0.25, -0.2) is 4.98 Å². The highest BCUT2D eigenvalue weighted by Gasteiger charge is 2.18. The summed E-state index contributed by atoms with van der Waals surface area (Å²) in [7, 11) is 0. The molecule has 0 saturated carbocycles. The zero-order valence-corrected chi connectivity index (χ0v) is 11.6. The number of hydrogen-bond donors (Lipinski definition) is 1. The fourth-order valence-corrected chi connectivity index (χ4v) is 2.38. The Morgan fingerprint density at radius 1 is 1.50 bits per heavy atom. The summed E-state index contributed by atoms with van der Waals surface area (Å²) in [5.74, 6) is 0.759. The van der Waals surface area contributed by atoms with Gasteiger partial charge in [0.2, 0.25) is 0 Å². The maximum atomic E-state index is 11.9. The number of alkyl halides is 1. The standard InChI is InChI=1S/C11H17ClN2OS/c1-6(5-12)7(2)14-11(15)10-8(3)13-9(4)16-10/h6-7H,5H2,1-4H3,(H,14,15). The van der Waals surface area contributed by atoms with Crippen LogP contribution in [-0.2, 0) is 0 Å². The Labute approximate surface area is 105 Å². The Morgan fingerprint density at radius 3 is 2.56 bits per heavy atom. The van der Waals surface area contributed by atoms with Gasteiger partial charge >= 0.3 is 0 Å². The van der Waals surface area contributed by atoms with E-state index in [0.29, 0.717) is 10.8 Å². The number of carbonyl (C=O) groups excluding carboxylic acids is 1. The molecule has 90 valence electrons. The van der Waals surface area contributed by atoms with Crippen LogP contribution < -0.4 is 5.32 Å². The SMILES string of the molecule is Cc1nc(C)c(C(=O)NC(C)C(C)CCl)s1. The first-order valence-corrected chi connectivity index (χ1v) is 6.61. The molecule has 16 heavy (non-hydrogen) atoms. The number of halogens is 1. The summed E-state index contributed by atoms with van der Waals surface area (Å²) < 4.78 is 0. The molecule has 0 aromatic carbocycles. The van der Waals surface area contributed by atoms with Crippen molar-refractivity contribution in [3.63, 3.8) is 0 Å². The molecule has 0 fully saturated rings. The zero-order valence-electron chi connectivity index (χ0n) is 10.0. The topological polar surface area (TPSA) is 42.0 Å². The second-order valence-corrected chi connectivity index (χ2v) is 5.55. The number of aryl methyl sites for hydroxylation is 2. The maximum Gasteiger partial charge on any atom is 0.263 e. The second-order valence-electron chi connectivity index (χ2n) is 4.04. The van der Waals surface area contributed by atoms with E-state index in [2.05, 4.69) is 10.3 Å².